The minimum atomic E-state index is 0.372. The normalized spacial score (nSPS) is 11.4. The van der Waals surface area contributed by atoms with Crippen LogP contribution in [0.1, 0.15) is 0 Å². The molecule has 3 aromatic heterocycles. The molecule has 6 heteroatoms. The van der Waals surface area contributed by atoms with Gasteiger partial charge in [0.1, 0.15) is 5.82 Å². The molecule has 1 aromatic carbocycles. The Morgan fingerprint density at radius 3 is 2.74 bits per heavy atom. The number of hydrogen-bond acceptors (Lipinski definition) is 4. The lowest BCUT2D eigenvalue weighted by Crippen LogP contribution is -1.79. The Labute approximate surface area is 112 Å². The summed E-state index contributed by atoms with van der Waals surface area (Å²) >= 11 is 4.97. The maximum Gasteiger partial charge on any atom is 0.266 e. The summed E-state index contributed by atoms with van der Waals surface area (Å²) < 4.78 is 5.39. The van der Waals surface area contributed by atoms with Crippen LogP contribution in [0.15, 0.2) is 41.1 Å². The Kier molecular flexibility index (Phi) is 2.07. The van der Waals surface area contributed by atoms with E-state index in [1.54, 1.807) is 12.4 Å². The molecule has 0 amide bonds. The molecule has 4 aromatic rings. The van der Waals surface area contributed by atoms with E-state index in [1.165, 1.54) is 0 Å². The third-order valence-corrected chi connectivity index (χ3v) is 3.16. The number of fused-ring (bicyclic) bond motifs is 2. The van der Waals surface area contributed by atoms with Crippen molar-refractivity contribution in [3.05, 3.63) is 41.5 Å². The molecule has 0 radical (unpaired) electrons. The fourth-order valence-corrected chi connectivity index (χ4v) is 2.30. The van der Waals surface area contributed by atoms with Gasteiger partial charge in [-0.25, -0.2) is 4.98 Å². The van der Waals surface area contributed by atoms with Crippen molar-refractivity contribution in [2.24, 2.45) is 0 Å². The summed E-state index contributed by atoms with van der Waals surface area (Å²) in [6.45, 7) is 0. The van der Waals surface area contributed by atoms with E-state index in [4.69, 9.17) is 16.6 Å². The van der Waals surface area contributed by atoms with Gasteiger partial charge in [0.05, 0.1) is 16.6 Å². The number of pyridine rings is 1. The molecule has 0 spiro atoms. The highest BCUT2D eigenvalue weighted by Crippen LogP contribution is 2.24. The summed E-state index contributed by atoms with van der Waals surface area (Å²) in [5.74, 6) is 0.809. The van der Waals surface area contributed by atoms with E-state index in [0.717, 1.165) is 27.9 Å². The summed E-state index contributed by atoms with van der Waals surface area (Å²) in [4.78, 5) is 15.2. The number of aromatic nitrogens is 4. The van der Waals surface area contributed by atoms with E-state index in [1.807, 2.05) is 24.3 Å². The topological polar surface area (TPSA) is 70.5 Å². The van der Waals surface area contributed by atoms with Gasteiger partial charge in [-0.1, -0.05) is 0 Å². The van der Waals surface area contributed by atoms with Crippen LogP contribution in [0.3, 0.4) is 0 Å². The average molecular weight is 268 g/mol. The number of benzene rings is 1. The number of nitrogens with zero attached hydrogens (tertiary/aromatic N) is 2. The molecular formula is C13H8N4OS. The Balaban J connectivity index is 1.99. The molecule has 3 heterocycles. The van der Waals surface area contributed by atoms with Crippen molar-refractivity contribution in [1.82, 2.24) is 19.9 Å². The number of nitrogens with one attached hydrogen (secondary N) is 2. The Bertz CT molecular complexity index is 882. The number of imidazole rings is 1. The Morgan fingerprint density at radius 1 is 1.05 bits per heavy atom. The van der Waals surface area contributed by atoms with Crippen LogP contribution in [0.25, 0.3) is 33.5 Å². The van der Waals surface area contributed by atoms with Crippen molar-refractivity contribution in [2.75, 3.05) is 0 Å². The van der Waals surface area contributed by atoms with Gasteiger partial charge in [0, 0.05) is 24.0 Å². The van der Waals surface area contributed by atoms with Gasteiger partial charge >= 0.3 is 0 Å². The molecule has 5 nitrogen and oxygen atoms in total. The second-order valence-corrected chi connectivity index (χ2v) is 4.57. The molecule has 19 heavy (non-hydrogen) atoms. The van der Waals surface area contributed by atoms with Gasteiger partial charge in [-0.15, -0.1) is 0 Å². The van der Waals surface area contributed by atoms with Gasteiger partial charge in [-0.2, -0.15) is 0 Å². The first-order valence-electron chi connectivity index (χ1n) is 5.72. The zero-order chi connectivity index (χ0) is 12.8. The first kappa shape index (κ1) is 10.5. The standard InChI is InChI=1S/C13H8N4OS/c19-13-17-10-5-8-9(6-11(10)18-13)16-12(15-8)7-1-3-14-4-2-7/h1-6H,(H,15,16)(H,17,19). The van der Waals surface area contributed by atoms with Crippen molar-refractivity contribution < 1.29 is 4.42 Å². The lowest BCUT2D eigenvalue weighted by atomic mass is 10.3. The number of H-pyrrole nitrogens is 2. The fourth-order valence-electron chi connectivity index (χ4n) is 2.10. The molecular weight excluding hydrogens is 260 g/mol. The minimum Gasteiger partial charge on any atom is -0.429 e. The van der Waals surface area contributed by atoms with Crippen molar-refractivity contribution >= 4 is 34.4 Å². The van der Waals surface area contributed by atoms with Crippen LogP contribution in [0.4, 0.5) is 0 Å². The van der Waals surface area contributed by atoms with E-state index in [9.17, 15) is 0 Å². The molecule has 0 aliphatic heterocycles. The number of aromatic amines is 2. The zero-order valence-corrected chi connectivity index (χ0v) is 10.5. The molecule has 0 unspecified atom stereocenters. The number of oxazole rings is 1. The van der Waals surface area contributed by atoms with E-state index in [2.05, 4.69) is 19.9 Å². The lowest BCUT2D eigenvalue weighted by Gasteiger charge is -1.92. The number of hydrogen-bond donors (Lipinski definition) is 2. The van der Waals surface area contributed by atoms with Crippen molar-refractivity contribution in [1.29, 1.82) is 0 Å². The van der Waals surface area contributed by atoms with Gasteiger partial charge < -0.3 is 14.4 Å². The maximum atomic E-state index is 5.39. The molecule has 0 aliphatic rings. The SMILES string of the molecule is S=c1[nH]c2cc3[nH]c(-c4ccncc4)nc3cc2o1. The lowest BCUT2D eigenvalue weighted by molar-refractivity contribution is 0.583. The highest BCUT2D eigenvalue weighted by Gasteiger charge is 2.08. The van der Waals surface area contributed by atoms with Crippen molar-refractivity contribution in [3.63, 3.8) is 0 Å². The highest BCUT2D eigenvalue weighted by molar-refractivity contribution is 7.71. The first-order chi connectivity index (χ1) is 9.29. The van der Waals surface area contributed by atoms with E-state index < -0.39 is 0 Å². The summed E-state index contributed by atoms with van der Waals surface area (Å²) in [6, 6.07) is 7.64. The van der Waals surface area contributed by atoms with E-state index in [0.29, 0.717) is 10.4 Å². The summed E-state index contributed by atoms with van der Waals surface area (Å²) in [5.41, 5.74) is 4.35. The van der Waals surface area contributed by atoms with Crippen LogP contribution in [0, 0.1) is 4.84 Å². The second-order valence-electron chi connectivity index (χ2n) is 4.20. The quantitative estimate of drug-likeness (QED) is 0.519. The van der Waals surface area contributed by atoms with Gasteiger partial charge in [-0.05, 0) is 30.4 Å². The van der Waals surface area contributed by atoms with E-state index in [-0.39, 0.29) is 0 Å². The third-order valence-electron chi connectivity index (χ3n) is 2.98. The predicted molar refractivity (Wildman–Crippen MR) is 74.3 cm³/mol. The molecule has 0 atom stereocenters. The van der Waals surface area contributed by atoms with Gasteiger partial charge in [0.25, 0.3) is 4.84 Å². The van der Waals surface area contributed by atoms with Crippen molar-refractivity contribution in [2.45, 2.75) is 0 Å². The Hall–Kier alpha value is -2.47. The van der Waals surface area contributed by atoms with Gasteiger partial charge in [0.2, 0.25) is 0 Å². The molecule has 0 aliphatic carbocycles. The molecule has 0 fully saturated rings. The smallest absolute Gasteiger partial charge is 0.266 e. The largest absolute Gasteiger partial charge is 0.429 e. The monoisotopic (exact) mass is 268 g/mol. The summed E-state index contributed by atoms with van der Waals surface area (Å²) in [5, 5.41) is 0. The zero-order valence-electron chi connectivity index (χ0n) is 9.68. The van der Waals surface area contributed by atoms with Crippen LogP contribution < -0.4 is 0 Å². The van der Waals surface area contributed by atoms with Crippen LogP contribution in [0.2, 0.25) is 0 Å². The third kappa shape index (κ3) is 1.65. The van der Waals surface area contributed by atoms with E-state index >= 15 is 0 Å². The molecule has 4 rings (SSSR count). The van der Waals surface area contributed by atoms with Crippen LogP contribution in [-0.4, -0.2) is 19.9 Å². The molecule has 0 saturated heterocycles. The van der Waals surface area contributed by atoms with Gasteiger partial charge in [-0.3, -0.25) is 4.98 Å². The summed E-state index contributed by atoms with van der Waals surface area (Å²) in [6.07, 6.45) is 3.48. The number of rotatable bonds is 1. The molecule has 2 N–H and O–H groups in total. The Morgan fingerprint density at radius 2 is 1.89 bits per heavy atom. The highest BCUT2D eigenvalue weighted by atomic mass is 32.1. The van der Waals surface area contributed by atoms with Crippen molar-refractivity contribution in [3.8, 4) is 11.4 Å². The van der Waals surface area contributed by atoms with Crippen LogP contribution >= 0.6 is 12.2 Å². The minimum absolute atomic E-state index is 0.372. The predicted octanol–water partition coefficient (Wildman–Crippen LogP) is 3.43. The van der Waals surface area contributed by atoms with Crippen LogP contribution in [-0.2, 0) is 0 Å². The second kappa shape index (κ2) is 3.76. The molecule has 0 saturated carbocycles. The molecule has 0 bridgehead atoms. The maximum absolute atomic E-state index is 5.39. The fraction of sp³-hybridized carbons (Fsp3) is 0. The molecule has 92 valence electrons. The average Bonchev–Trinajstić information content (AvgIpc) is 2.98. The summed E-state index contributed by atoms with van der Waals surface area (Å²) in [7, 11) is 0. The van der Waals surface area contributed by atoms with Gasteiger partial charge in [0.15, 0.2) is 5.58 Å². The first-order valence-corrected chi connectivity index (χ1v) is 6.13. The van der Waals surface area contributed by atoms with Crippen LogP contribution in [0.5, 0.6) is 0 Å².